The number of amides is 1. The van der Waals surface area contributed by atoms with E-state index in [2.05, 4.69) is 19.2 Å². The Morgan fingerprint density at radius 1 is 0.697 bits per heavy atom. The maximum absolute atomic E-state index is 12.0. The van der Waals surface area contributed by atoms with E-state index in [4.69, 9.17) is 0 Å². The van der Waals surface area contributed by atoms with Crippen LogP contribution >= 0.6 is 0 Å². The number of rotatable bonds is 25. The number of unbranched alkanes of at least 4 members (excludes halogenated alkanes) is 18. The Balaban J connectivity index is 3.56. The van der Waals surface area contributed by atoms with Crippen molar-refractivity contribution in [3.63, 3.8) is 0 Å². The van der Waals surface area contributed by atoms with Gasteiger partial charge in [0.25, 0.3) is 0 Å². The Bertz CT molecular complexity index is 439. The lowest BCUT2D eigenvalue weighted by atomic mass is 10.0. The largest absolute Gasteiger partial charge is 0.394 e. The standard InChI is InChI=1S/C29H57NO3/c1-3-5-7-9-10-11-12-13-14-15-16-17-18-19-20-21-22-24-28(32)27(26-31)30-29(33)25-23-8-6-4-2/h22,24,27-28,31-32H,3-21,23,25-26H2,1-2H3,(H,30,33)/b24-22+. The molecule has 0 fully saturated rings. The lowest BCUT2D eigenvalue weighted by molar-refractivity contribution is -0.123. The number of carbonyl (C=O) groups excluding carboxylic acids is 1. The van der Waals surface area contributed by atoms with Gasteiger partial charge >= 0.3 is 0 Å². The van der Waals surface area contributed by atoms with Crippen molar-refractivity contribution < 1.29 is 15.0 Å². The molecule has 1 amide bonds. The van der Waals surface area contributed by atoms with Gasteiger partial charge in [-0.3, -0.25) is 4.79 Å². The molecule has 33 heavy (non-hydrogen) atoms. The van der Waals surface area contributed by atoms with Gasteiger partial charge in [0.1, 0.15) is 0 Å². The van der Waals surface area contributed by atoms with E-state index >= 15 is 0 Å². The summed E-state index contributed by atoms with van der Waals surface area (Å²) in [7, 11) is 0. The lowest BCUT2D eigenvalue weighted by Gasteiger charge is -2.19. The molecule has 3 N–H and O–H groups in total. The molecule has 0 aromatic heterocycles. The fourth-order valence-electron chi connectivity index (χ4n) is 4.23. The van der Waals surface area contributed by atoms with Gasteiger partial charge in [-0.2, -0.15) is 0 Å². The Hall–Kier alpha value is -0.870. The Labute approximate surface area is 206 Å². The van der Waals surface area contributed by atoms with E-state index in [1.807, 2.05) is 6.08 Å². The van der Waals surface area contributed by atoms with Crippen molar-refractivity contribution >= 4 is 5.91 Å². The smallest absolute Gasteiger partial charge is 0.220 e. The molecule has 0 bridgehead atoms. The van der Waals surface area contributed by atoms with Gasteiger partial charge in [-0.15, -0.1) is 0 Å². The van der Waals surface area contributed by atoms with E-state index in [-0.39, 0.29) is 12.5 Å². The second kappa shape index (κ2) is 25.7. The molecule has 0 aliphatic heterocycles. The highest BCUT2D eigenvalue weighted by Gasteiger charge is 2.17. The zero-order valence-electron chi connectivity index (χ0n) is 22.2. The average molecular weight is 468 g/mol. The van der Waals surface area contributed by atoms with Crippen LogP contribution in [0.25, 0.3) is 0 Å². The highest BCUT2D eigenvalue weighted by Crippen LogP contribution is 2.14. The topological polar surface area (TPSA) is 69.6 Å². The molecular weight excluding hydrogens is 410 g/mol. The number of carbonyl (C=O) groups is 1. The summed E-state index contributed by atoms with van der Waals surface area (Å²) >= 11 is 0. The first-order valence-electron chi connectivity index (χ1n) is 14.4. The number of hydrogen-bond acceptors (Lipinski definition) is 3. The summed E-state index contributed by atoms with van der Waals surface area (Å²) < 4.78 is 0. The van der Waals surface area contributed by atoms with E-state index in [9.17, 15) is 15.0 Å². The molecule has 0 saturated carbocycles. The van der Waals surface area contributed by atoms with Crippen molar-refractivity contribution in [3.05, 3.63) is 12.2 Å². The third-order valence-corrected chi connectivity index (χ3v) is 6.52. The number of aliphatic hydroxyl groups excluding tert-OH is 2. The summed E-state index contributed by atoms with van der Waals surface area (Å²) in [5, 5.41) is 22.5. The van der Waals surface area contributed by atoms with Gasteiger partial charge in [-0.25, -0.2) is 0 Å². The van der Waals surface area contributed by atoms with Crippen LogP contribution in [0.3, 0.4) is 0 Å². The zero-order chi connectivity index (χ0) is 24.4. The molecule has 0 aliphatic carbocycles. The lowest BCUT2D eigenvalue weighted by Crippen LogP contribution is -2.45. The molecule has 4 heteroatoms. The highest BCUT2D eigenvalue weighted by atomic mass is 16.3. The third-order valence-electron chi connectivity index (χ3n) is 6.52. The maximum Gasteiger partial charge on any atom is 0.220 e. The summed E-state index contributed by atoms with van der Waals surface area (Å²) in [6, 6.07) is -0.610. The van der Waals surface area contributed by atoms with Crippen LogP contribution in [0.5, 0.6) is 0 Å². The van der Waals surface area contributed by atoms with Gasteiger partial charge in [-0.1, -0.05) is 135 Å². The van der Waals surface area contributed by atoms with Crippen LogP contribution in [-0.2, 0) is 4.79 Å². The second-order valence-electron chi connectivity index (χ2n) is 9.82. The summed E-state index contributed by atoms with van der Waals surface area (Å²) in [5.41, 5.74) is 0. The molecule has 2 atom stereocenters. The van der Waals surface area contributed by atoms with Gasteiger partial charge in [0.05, 0.1) is 18.8 Å². The molecule has 0 aliphatic rings. The van der Waals surface area contributed by atoms with Gasteiger partial charge < -0.3 is 15.5 Å². The quantitative estimate of drug-likeness (QED) is 0.0955. The molecular formula is C29H57NO3. The predicted molar refractivity (Wildman–Crippen MR) is 142 cm³/mol. The fourth-order valence-corrected chi connectivity index (χ4v) is 4.23. The first-order valence-corrected chi connectivity index (χ1v) is 14.4. The van der Waals surface area contributed by atoms with Crippen LogP contribution in [0.1, 0.15) is 149 Å². The molecule has 0 saturated heterocycles. The van der Waals surface area contributed by atoms with Crippen LogP contribution in [0, 0.1) is 0 Å². The fraction of sp³-hybridized carbons (Fsp3) is 0.897. The Kier molecular flexibility index (Phi) is 25.1. The molecule has 0 rings (SSSR count). The minimum absolute atomic E-state index is 0.0833. The molecule has 196 valence electrons. The van der Waals surface area contributed by atoms with Crippen LogP contribution in [0.4, 0.5) is 0 Å². The van der Waals surface area contributed by atoms with Crippen LogP contribution < -0.4 is 5.32 Å². The maximum atomic E-state index is 12.0. The Morgan fingerprint density at radius 3 is 1.58 bits per heavy atom. The average Bonchev–Trinajstić information content (AvgIpc) is 2.82. The van der Waals surface area contributed by atoms with Gasteiger partial charge in [0.2, 0.25) is 5.91 Å². The van der Waals surface area contributed by atoms with Crippen molar-refractivity contribution in [1.82, 2.24) is 5.32 Å². The number of aliphatic hydroxyl groups is 2. The summed E-state index contributed by atoms with van der Waals surface area (Å²) in [4.78, 5) is 12.0. The predicted octanol–water partition coefficient (Wildman–Crippen LogP) is 7.61. The van der Waals surface area contributed by atoms with Crippen molar-refractivity contribution in [2.24, 2.45) is 0 Å². The second-order valence-corrected chi connectivity index (χ2v) is 9.82. The highest BCUT2D eigenvalue weighted by molar-refractivity contribution is 5.76. The van der Waals surface area contributed by atoms with E-state index in [0.717, 1.165) is 38.5 Å². The van der Waals surface area contributed by atoms with Crippen LogP contribution in [-0.4, -0.2) is 34.9 Å². The normalized spacial score (nSPS) is 13.5. The number of nitrogens with one attached hydrogen (secondary N) is 1. The zero-order valence-corrected chi connectivity index (χ0v) is 22.2. The third kappa shape index (κ3) is 22.7. The Morgan fingerprint density at radius 2 is 1.12 bits per heavy atom. The minimum atomic E-state index is -0.828. The molecule has 4 nitrogen and oxygen atoms in total. The summed E-state index contributed by atoms with van der Waals surface area (Å²) in [5.74, 6) is -0.0833. The van der Waals surface area contributed by atoms with Gasteiger partial charge in [0.15, 0.2) is 0 Å². The summed E-state index contributed by atoms with van der Waals surface area (Å²) in [6.45, 7) is 4.17. The minimum Gasteiger partial charge on any atom is -0.394 e. The molecule has 0 spiro atoms. The monoisotopic (exact) mass is 467 g/mol. The van der Waals surface area contributed by atoms with Gasteiger partial charge in [-0.05, 0) is 19.3 Å². The summed E-state index contributed by atoms with van der Waals surface area (Å²) in [6.07, 6.45) is 28.9. The first kappa shape index (κ1) is 32.1. The number of hydrogen-bond donors (Lipinski definition) is 3. The van der Waals surface area contributed by atoms with E-state index in [1.165, 1.54) is 89.9 Å². The van der Waals surface area contributed by atoms with Crippen molar-refractivity contribution in [1.29, 1.82) is 0 Å². The first-order chi connectivity index (χ1) is 16.2. The number of allylic oxidation sites excluding steroid dienone is 1. The molecule has 0 heterocycles. The van der Waals surface area contributed by atoms with E-state index in [1.54, 1.807) is 6.08 Å². The molecule has 0 aromatic rings. The van der Waals surface area contributed by atoms with E-state index in [0.29, 0.717) is 6.42 Å². The molecule has 0 aromatic carbocycles. The van der Waals surface area contributed by atoms with Gasteiger partial charge in [0, 0.05) is 6.42 Å². The van der Waals surface area contributed by atoms with Crippen molar-refractivity contribution in [2.75, 3.05) is 6.61 Å². The van der Waals surface area contributed by atoms with Crippen LogP contribution in [0.15, 0.2) is 12.2 Å². The van der Waals surface area contributed by atoms with E-state index < -0.39 is 12.1 Å². The van der Waals surface area contributed by atoms with Crippen molar-refractivity contribution in [2.45, 2.75) is 161 Å². The molecule has 0 radical (unpaired) electrons. The SMILES string of the molecule is CCCCCCCCCCCCCCCCC/C=C/C(O)C(CO)NC(=O)CCCCCC. The van der Waals surface area contributed by atoms with Crippen LogP contribution in [0.2, 0.25) is 0 Å². The van der Waals surface area contributed by atoms with Crippen molar-refractivity contribution in [3.8, 4) is 0 Å². The molecule has 2 unspecified atom stereocenters.